The molecule has 2 aromatic carbocycles. The van der Waals surface area contributed by atoms with Gasteiger partial charge in [-0.2, -0.15) is 4.98 Å². The number of carbonyl (C=O) groups is 1. The summed E-state index contributed by atoms with van der Waals surface area (Å²) < 4.78 is 7.19. The number of amides is 1. The van der Waals surface area contributed by atoms with Crippen molar-refractivity contribution in [1.82, 2.24) is 25.0 Å². The zero-order valence-corrected chi connectivity index (χ0v) is 20.6. The third-order valence-electron chi connectivity index (χ3n) is 6.81. The van der Waals surface area contributed by atoms with Crippen molar-refractivity contribution in [3.05, 3.63) is 99.5 Å². The highest BCUT2D eigenvalue weighted by Crippen LogP contribution is 2.30. The molecule has 1 aliphatic carbocycles. The van der Waals surface area contributed by atoms with E-state index >= 15 is 0 Å². The minimum atomic E-state index is -0.275. The first-order chi connectivity index (χ1) is 18.0. The van der Waals surface area contributed by atoms with Crippen LogP contribution < -0.4 is 10.7 Å². The minimum Gasteiger partial charge on any atom is -0.348 e. The van der Waals surface area contributed by atoms with Crippen molar-refractivity contribution in [2.45, 2.75) is 39.3 Å². The van der Waals surface area contributed by atoms with Crippen LogP contribution in [-0.2, 0) is 17.8 Å². The van der Waals surface area contributed by atoms with E-state index in [1.54, 1.807) is 22.9 Å². The molecule has 1 N–H and O–H groups in total. The Bertz CT molecular complexity index is 1700. The van der Waals surface area contributed by atoms with Crippen molar-refractivity contribution in [2.75, 3.05) is 0 Å². The van der Waals surface area contributed by atoms with Gasteiger partial charge in [0.2, 0.25) is 17.2 Å². The topological polar surface area (TPSA) is 103 Å². The maximum atomic E-state index is 13.4. The van der Waals surface area contributed by atoms with E-state index in [4.69, 9.17) is 4.52 Å². The summed E-state index contributed by atoms with van der Waals surface area (Å²) in [4.78, 5) is 35.6. The maximum absolute atomic E-state index is 13.4. The van der Waals surface area contributed by atoms with Gasteiger partial charge in [0, 0.05) is 17.5 Å². The molecule has 0 spiro atoms. The Morgan fingerprint density at radius 2 is 1.86 bits per heavy atom. The highest BCUT2D eigenvalue weighted by molar-refractivity contribution is 5.83. The number of nitrogens with one attached hydrogen (secondary N) is 1. The van der Waals surface area contributed by atoms with Crippen LogP contribution in [0.4, 0.5) is 0 Å². The molecule has 5 aromatic rings. The fourth-order valence-corrected chi connectivity index (χ4v) is 4.89. The van der Waals surface area contributed by atoms with Gasteiger partial charge in [-0.15, -0.1) is 0 Å². The Balaban J connectivity index is 1.36. The molecular weight excluding hydrogens is 466 g/mol. The number of hydrogen-bond donors (Lipinski definition) is 1. The molecule has 37 heavy (non-hydrogen) atoms. The smallest absolute Gasteiger partial charge is 0.263 e. The Morgan fingerprint density at radius 1 is 1.05 bits per heavy atom. The van der Waals surface area contributed by atoms with E-state index in [0.29, 0.717) is 16.9 Å². The van der Waals surface area contributed by atoms with Gasteiger partial charge in [-0.3, -0.25) is 9.59 Å². The van der Waals surface area contributed by atoms with Crippen molar-refractivity contribution < 1.29 is 9.32 Å². The highest BCUT2D eigenvalue weighted by atomic mass is 16.5. The fraction of sp³-hybridized carbons (Fsp3) is 0.207. The Morgan fingerprint density at radius 3 is 2.70 bits per heavy atom. The predicted octanol–water partition coefficient (Wildman–Crippen LogP) is 4.53. The first-order valence-electron chi connectivity index (χ1n) is 12.3. The van der Waals surface area contributed by atoms with Crippen LogP contribution in [0.1, 0.15) is 34.8 Å². The Kier molecular flexibility index (Phi) is 5.64. The number of nitrogens with zero attached hydrogens (tertiary/aromatic N) is 4. The monoisotopic (exact) mass is 491 g/mol. The molecule has 8 heteroatoms. The van der Waals surface area contributed by atoms with Crippen molar-refractivity contribution in [2.24, 2.45) is 0 Å². The average molecular weight is 492 g/mol. The first-order valence-corrected chi connectivity index (χ1v) is 12.3. The van der Waals surface area contributed by atoms with E-state index in [1.165, 1.54) is 5.56 Å². The van der Waals surface area contributed by atoms with E-state index in [0.717, 1.165) is 35.2 Å². The molecule has 0 saturated heterocycles. The molecule has 1 atom stereocenters. The summed E-state index contributed by atoms with van der Waals surface area (Å²) >= 11 is 0. The van der Waals surface area contributed by atoms with Gasteiger partial charge < -0.3 is 14.4 Å². The van der Waals surface area contributed by atoms with Gasteiger partial charge >= 0.3 is 0 Å². The number of aryl methyl sites for hydroxylation is 3. The first kappa shape index (κ1) is 22.8. The summed E-state index contributed by atoms with van der Waals surface area (Å²) in [6.07, 6.45) is 3.39. The molecule has 3 heterocycles. The lowest BCUT2D eigenvalue weighted by molar-refractivity contribution is -0.122. The van der Waals surface area contributed by atoms with Gasteiger partial charge in [0.1, 0.15) is 17.8 Å². The summed E-state index contributed by atoms with van der Waals surface area (Å²) in [6, 6.07) is 19.4. The third-order valence-corrected chi connectivity index (χ3v) is 6.81. The molecule has 0 saturated carbocycles. The number of carbonyl (C=O) groups excluding carboxylic acids is 1. The van der Waals surface area contributed by atoms with Crippen molar-refractivity contribution in [3.8, 4) is 22.8 Å². The normalized spacial score (nSPS) is 14.6. The molecule has 1 unspecified atom stereocenters. The van der Waals surface area contributed by atoms with Crippen LogP contribution in [0, 0.1) is 13.8 Å². The molecule has 0 aliphatic heterocycles. The molecule has 8 nitrogen and oxygen atoms in total. The highest BCUT2D eigenvalue weighted by Gasteiger charge is 2.24. The van der Waals surface area contributed by atoms with Gasteiger partial charge in [-0.05, 0) is 49.9 Å². The van der Waals surface area contributed by atoms with Crippen molar-refractivity contribution in [1.29, 1.82) is 0 Å². The molecule has 6 rings (SSSR count). The minimum absolute atomic E-state index is 0.00213. The molecule has 3 aromatic heterocycles. The summed E-state index contributed by atoms with van der Waals surface area (Å²) in [7, 11) is 0. The van der Waals surface area contributed by atoms with Crippen LogP contribution in [0.5, 0.6) is 0 Å². The largest absolute Gasteiger partial charge is 0.348 e. The molecular formula is C29H25N5O3. The lowest BCUT2D eigenvalue weighted by Gasteiger charge is -2.16. The molecule has 0 bridgehead atoms. The van der Waals surface area contributed by atoms with Crippen molar-refractivity contribution in [3.63, 3.8) is 0 Å². The van der Waals surface area contributed by atoms with Gasteiger partial charge in [0.25, 0.3) is 5.89 Å². The molecule has 184 valence electrons. The predicted molar refractivity (Wildman–Crippen MR) is 140 cm³/mol. The molecule has 1 aliphatic rings. The van der Waals surface area contributed by atoms with Gasteiger partial charge in [-0.1, -0.05) is 59.3 Å². The number of fused-ring (bicyclic) bond motifs is 2. The SMILES string of the molecule is Cc1ccc(-c2noc(-c3cn(CC(=O)NC4CCc5ccccc54)c4nc(C)ccc4c3=O)n2)cc1. The van der Waals surface area contributed by atoms with E-state index in [-0.39, 0.29) is 35.4 Å². The van der Waals surface area contributed by atoms with Crippen LogP contribution in [-0.4, -0.2) is 25.6 Å². The van der Waals surface area contributed by atoms with Gasteiger partial charge in [0.05, 0.1) is 11.4 Å². The average Bonchev–Trinajstić information content (AvgIpc) is 3.54. The van der Waals surface area contributed by atoms with E-state index in [9.17, 15) is 9.59 Å². The van der Waals surface area contributed by atoms with E-state index < -0.39 is 0 Å². The second-order valence-electron chi connectivity index (χ2n) is 9.47. The lowest BCUT2D eigenvalue weighted by Crippen LogP contribution is -2.31. The number of rotatable bonds is 5. The summed E-state index contributed by atoms with van der Waals surface area (Å²) in [5.41, 5.74) is 5.46. The number of benzene rings is 2. The van der Waals surface area contributed by atoms with Crippen LogP contribution >= 0.6 is 0 Å². The number of pyridine rings is 2. The Labute approximate surface area is 213 Å². The number of aromatic nitrogens is 4. The van der Waals surface area contributed by atoms with Crippen LogP contribution in [0.3, 0.4) is 0 Å². The summed E-state index contributed by atoms with van der Waals surface area (Å²) in [5.74, 6) is 0.328. The van der Waals surface area contributed by atoms with E-state index in [1.807, 2.05) is 50.2 Å². The molecule has 0 fully saturated rings. The lowest BCUT2D eigenvalue weighted by atomic mass is 10.1. The van der Waals surface area contributed by atoms with E-state index in [2.05, 4.69) is 32.6 Å². The summed E-state index contributed by atoms with van der Waals surface area (Å²) in [5, 5.41) is 7.62. The fourth-order valence-electron chi connectivity index (χ4n) is 4.89. The second kappa shape index (κ2) is 9.13. The van der Waals surface area contributed by atoms with Crippen LogP contribution in [0.25, 0.3) is 33.9 Å². The second-order valence-corrected chi connectivity index (χ2v) is 9.47. The Hall–Kier alpha value is -4.59. The van der Waals surface area contributed by atoms with Crippen molar-refractivity contribution >= 4 is 16.9 Å². The zero-order chi connectivity index (χ0) is 25.5. The molecule has 1 amide bonds. The van der Waals surface area contributed by atoms with Gasteiger partial charge in [0.15, 0.2) is 0 Å². The van der Waals surface area contributed by atoms with Crippen LogP contribution in [0.2, 0.25) is 0 Å². The quantitative estimate of drug-likeness (QED) is 0.387. The third kappa shape index (κ3) is 4.31. The van der Waals surface area contributed by atoms with Gasteiger partial charge in [-0.25, -0.2) is 4.98 Å². The number of hydrogen-bond acceptors (Lipinski definition) is 6. The zero-order valence-electron chi connectivity index (χ0n) is 20.6. The standard InChI is InChI=1S/C29H25N5O3/c1-17-7-10-20(11-8-17)27-32-29(37-33-27)23-15-34(28-22(26(23)36)13-9-18(2)30-28)16-25(35)31-24-14-12-19-5-3-4-6-21(19)24/h3-11,13,15,24H,12,14,16H2,1-2H3,(H,31,35). The maximum Gasteiger partial charge on any atom is 0.263 e. The molecule has 0 radical (unpaired) electrons. The van der Waals surface area contributed by atoms with Crippen LogP contribution in [0.15, 0.2) is 76.2 Å². The summed E-state index contributed by atoms with van der Waals surface area (Å²) in [6.45, 7) is 3.85.